The first-order valence-corrected chi connectivity index (χ1v) is 11.8. The minimum Gasteiger partial charge on any atom is -0.456 e. The van der Waals surface area contributed by atoms with E-state index in [4.69, 9.17) is 4.74 Å². The van der Waals surface area contributed by atoms with Crippen LogP contribution < -0.4 is 19.3 Å². The molecule has 0 radical (unpaired) electrons. The Balaban J connectivity index is 1.64. The highest BCUT2D eigenvalue weighted by Crippen LogP contribution is 2.56. The molecule has 0 bridgehead atoms. The number of fused-ring (bicyclic) bond motifs is 3. The average molecular weight is 449 g/mol. The first kappa shape index (κ1) is 16.8. The van der Waals surface area contributed by atoms with Gasteiger partial charge in [-0.1, -0.05) is 12.1 Å². The first-order valence-electron chi connectivity index (χ1n) is 11.8. The van der Waals surface area contributed by atoms with Crippen LogP contribution in [0.2, 0.25) is 0 Å². The van der Waals surface area contributed by atoms with Crippen LogP contribution in [0.4, 0.5) is 0 Å². The molecule has 1 unspecified atom stereocenters. The van der Waals surface area contributed by atoms with Crippen molar-refractivity contribution in [2.45, 2.75) is 5.66 Å². The van der Waals surface area contributed by atoms with Crippen molar-refractivity contribution in [3.05, 3.63) is 113 Å². The third-order valence-electron chi connectivity index (χ3n) is 8.36. The lowest BCUT2D eigenvalue weighted by atomic mass is 9.84. The topological polar surface area (TPSA) is 38.5 Å². The van der Waals surface area contributed by atoms with E-state index in [-0.39, 0.29) is 5.43 Å². The second-order valence-corrected chi connectivity index (χ2v) is 9.73. The molecule has 0 aliphatic carbocycles. The molecular weight excluding hydrogens is 434 g/mol. The summed E-state index contributed by atoms with van der Waals surface area (Å²) in [4.78, 5) is 13.9. The van der Waals surface area contributed by atoms with Gasteiger partial charge in [0.2, 0.25) is 11.1 Å². The fourth-order valence-corrected chi connectivity index (χ4v) is 7.24. The molecular formula is C30H15N3O2+2. The fraction of sp³-hybridized carbons (Fsp3) is 0.0333. The molecule has 3 aliphatic heterocycles. The number of hydrogen-bond acceptors (Lipinski definition) is 2. The summed E-state index contributed by atoms with van der Waals surface area (Å²) in [6, 6.07) is 26.9. The maximum atomic E-state index is 13.9. The molecule has 3 aliphatic rings. The van der Waals surface area contributed by atoms with Crippen LogP contribution >= 0.6 is 0 Å². The summed E-state index contributed by atoms with van der Waals surface area (Å²) in [6.45, 7) is 0. The van der Waals surface area contributed by atoms with Gasteiger partial charge in [0, 0.05) is 22.9 Å². The summed E-state index contributed by atoms with van der Waals surface area (Å²) in [7, 11) is 0. The molecule has 1 spiro atoms. The van der Waals surface area contributed by atoms with E-state index in [0.29, 0.717) is 0 Å². The van der Waals surface area contributed by atoms with Gasteiger partial charge >= 0.3 is 11.3 Å². The van der Waals surface area contributed by atoms with Gasteiger partial charge in [0.05, 0.1) is 17.1 Å². The van der Waals surface area contributed by atoms with Crippen LogP contribution in [-0.2, 0) is 5.66 Å². The minimum absolute atomic E-state index is 0.0761. The number of ether oxygens (including phenoxy) is 1. The summed E-state index contributed by atoms with van der Waals surface area (Å²) in [5.74, 6) is 1.71. The summed E-state index contributed by atoms with van der Waals surface area (Å²) in [5, 5.41) is 3.73. The Kier molecular flexibility index (Phi) is 2.40. The highest BCUT2D eigenvalue weighted by Gasteiger charge is 2.67. The number of pyridine rings is 3. The van der Waals surface area contributed by atoms with E-state index in [9.17, 15) is 4.79 Å². The summed E-state index contributed by atoms with van der Waals surface area (Å²) < 4.78 is 13.6. The van der Waals surface area contributed by atoms with E-state index < -0.39 is 5.66 Å². The second kappa shape index (κ2) is 5.00. The highest BCUT2D eigenvalue weighted by atomic mass is 16.5. The number of aromatic nitrogens is 3. The van der Waals surface area contributed by atoms with Gasteiger partial charge in [-0.05, 0) is 54.6 Å². The summed E-state index contributed by atoms with van der Waals surface area (Å²) >= 11 is 0. The van der Waals surface area contributed by atoms with Crippen molar-refractivity contribution in [2.24, 2.45) is 0 Å². The van der Waals surface area contributed by atoms with Gasteiger partial charge < -0.3 is 4.74 Å². The average Bonchev–Trinajstić information content (AvgIpc) is 3.40. The van der Waals surface area contributed by atoms with Crippen LogP contribution in [0, 0.1) is 0 Å². The molecule has 7 aromatic rings. The second-order valence-electron chi connectivity index (χ2n) is 9.73. The van der Waals surface area contributed by atoms with E-state index >= 15 is 0 Å². The molecule has 0 amide bonds. The number of rotatable bonds is 0. The highest BCUT2D eigenvalue weighted by molar-refractivity contribution is 6.18. The van der Waals surface area contributed by atoms with E-state index in [0.717, 1.165) is 72.1 Å². The third-order valence-corrected chi connectivity index (χ3v) is 8.36. The predicted molar refractivity (Wildman–Crippen MR) is 131 cm³/mol. The maximum Gasteiger partial charge on any atom is 0.374 e. The summed E-state index contributed by atoms with van der Waals surface area (Å²) in [5.41, 5.74) is 6.95. The molecule has 5 nitrogen and oxygen atoms in total. The zero-order valence-corrected chi connectivity index (χ0v) is 18.3. The Morgan fingerprint density at radius 2 is 1.46 bits per heavy atom. The quantitative estimate of drug-likeness (QED) is 0.253. The van der Waals surface area contributed by atoms with Crippen molar-refractivity contribution in [2.75, 3.05) is 0 Å². The van der Waals surface area contributed by atoms with Gasteiger partial charge in [-0.3, -0.25) is 4.79 Å². The minimum atomic E-state index is -0.691. The molecule has 4 aromatic heterocycles. The van der Waals surface area contributed by atoms with E-state index in [1.165, 1.54) is 0 Å². The number of nitrogens with zero attached hydrogens (tertiary/aromatic N) is 3. The van der Waals surface area contributed by atoms with Crippen LogP contribution in [0.5, 0.6) is 11.5 Å². The Hall–Kier alpha value is -4.77. The number of para-hydroxylation sites is 1. The van der Waals surface area contributed by atoms with Crippen LogP contribution in [-0.4, -0.2) is 4.40 Å². The van der Waals surface area contributed by atoms with Crippen molar-refractivity contribution in [1.82, 2.24) is 4.40 Å². The van der Waals surface area contributed by atoms with Gasteiger partial charge in [0.1, 0.15) is 22.4 Å². The zero-order valence-electron chi connectivity index (χ0n) is 18.3. The van der Waals surface area contributed by atoms with Crippen LogP contribution in [0.25, 0.3) is 49.5 Å². The monoisotopic (exact) mass is 449 g/mol. The van der Waals surface area contributed by atoms with Gasteiger partial charge in [-0.25, -0.2) is 0 Å². The molecule has 160 valence electrons. The van der Waals surface area contributed by atoms with Gasteiger partial charge in [-0.15, -0.1) is 4.57 Å². The van der Waals surface area contributed by atoms with Crippen molar-refractivity contribution < 1.29 is 13.9 Å². The largest absolute Gasteiger partial charge is 0.456 e. The van der Waals surface area contributed by atoms with E-state index in [1.807, 2.05) is 24.3 Å². The molecule has 0 saturated carbocycles. The fourth-order valence-electron chi connectivity index (χ4n) is 7.24. The molecule has 35 heavy (non-hydrogen) atoms. The van der Waals surface area contributed by atoms with Crippen molar-refractivity contribution in [1.29, 1.82) is 0 Å². The third kappa shape index (κ3) is 1.47. The van der Waals surface area contributed by atoms with Crippen molar-refractivity contribution in [3.63, 3.8) is 0 Å². The van der Waals surface area contributed by atoms with Gasteiger partial charge in [0.25, 0.3) is 0 Å². The zero-order chi connectivity index (χ0) is 22.6. The standard InChI is InChI=1S/C30H15N3O2/c34-28-19-8-3-6-16-17-12-13-23-25-27(17)33(26(16)19)29-20(28)9-5-15-32(29)30(25)24-18(7-4-11-22(24)35-23)21-10-1-2-14-31(21)30/h1-15H/q+2. The Bertz CT molecular complexity index is 2230. The van der Waals surface area contributed by atoms with Gasteiger partial charge in [0.15, 0.2) is 22.8 Å². The van der Waals surface area contributed by atoms with E-state index in [2.05, 4.69) is 80.5 Å². The Labute approximate surface area is 197 Å². The smallest absolute Gasteiger partial charge is 0.374 e. The van der Waals surface area contributed by atoms with Crippen molar-refractivity contribution >= 4 is 38.2 Å². The number of hydrogen-bond donors (Lipinski definition) is 0. The molecule has 0 fully saturated rings. The van der Waals surface area contributed by atoms with E-state index in [1.54, 1.807) is 0 Å². The normalized spacial score (nSPS) is 18.2. The van der Waals surface area contributed by atoms with Crippen LogP contribution in [0.1, 0.15) is 11.1 Å². The van der Waals surface area contributed by atoms with Crippen molar-refractivity contribution in [3.8, 4) is 22.8 Å². The summed E-state index contributed by atoms with van der Waals surface area (Å²) in [6.07, 6.45) is 4.28. The first-order chi connectivity index (χ1) is 17.3. The lowest BCUT2D eigenvalue weighted by molar-refractivity contribution is -0.954. The predicted octanol–water partition coefficient (Wildman–Crippen LogP) is 4.47. The molecule has 3 aromatic carbocycles. The molecule has 7 heterocycles. The van der Waals surface area contributed by atoms with Crippen LogP contribution in [0.15, 0.2) is 96.1 Å². The van der Waals surface area contributed by atoms with Gasteiger partial charge in [-0.2, -0.15) is 8.97 Å². The maximum absolute atomic E-state index is 13.9. The lowest BCUT2D eigenvalue weighted by Gasteiger charge is -2.33. The molecule has 0 saturated heterocycles. The Morgan fingerprint density at radius 1 is 0.657 bits per heavy atom. The molecule has 10 rings (SSSR count). The molecule has 0 N–H and O–H groups in total. The number of benzene rings is 3. The Morgan fingerprint density at radius 3 is 2.43 bits per heavy atom. The van der Waals surface area contributed by atoms with Crippen LogP contribution in [0.3, 0.4) is 0 Å². The SMILES string of the molecule is O=c1c2cccc3c4ccc5c6c4n(c23)c2c1ccc[n+]2C61c2c(cccc2-c2cccc[n+]21)O5. The molecule has 1 atom stereocenters. The lowest BCUT2D eigenvalue weighted by Crippen LogP contribution is -2.75. The molecule has 5 heteroatoms.